The zero-order chi connectivity index (χ0) is 13.8. The Morgan fingerprint density at radius 1 is 1.42 bits per heavy atom. The van der Waals surface area contributed by atoms with Gasteiger partial charge in [-0.15, -0.1) is 0 Å². The summed E-state index contributed by atoms with van der Waals surface area (Å²) in [6, 6.07) is 9.77. The van der Waals surface area contributed by atoms with E-state index in [9.17, 15) is 14.1 Å². The summed E-state index contributed by atoms with van der Waals surface area (Å²) in [5, 5.41) is -0.270. The summed E-state index contributed by atoms with van der Waals surface area (Å²) in [4.78, 5) is 24.7. The number of Topliss-reactive ketones (excluding diaryl/α,β-unsaturated/α-hetero) is 1. The number of ketones is 1. The molecule has 2 rings (SSSR count). The van der Waals surface area contributed by atoms with Crippen LogP contribution in [0.25, 0.3) is 0 Å². The van der Waals surface area contributed by atoms with Crippen LogP contribution in [0, 0.1) is 0 Å². The summed E-state index contributed by atoms with van der Waals surface area (Å²) >= 11 is -1.08. The number of carbonyl (C=O) groups is 2. The van der Waals surface area contributed by atoms with Crippen LogP contribution >= 0.6 is 0 Å². The molecule has 0 N–H and O–H groups in total. The smallest absolute Gasteiger partial charge is 0.233 e. The number of aryl methyl sites for hydroxylation is 1. The monoisotopic (exact) mass is 279 g/mol. The van der Waals surface area contributed by atoms with E-state index in [4.69, 9.17) is 0 Å². The first-order valence-electron chi connectivity index (χ1n) is 6.25. The molecule has 1 aliphatic rings. The fourth-order valence-corrected chi connectivity index (χ4v) is 3.04. The molecule has 0 spiro atoms. The van der Waals surface area contributed by atoms with Crippen LogP contribution in [-0.4, -0.2) is 39.3 Å². The lowest BCUT2D eigenvalue weighted by Gasteiger charge is -2.38. The highest BCUT2D eigenvalue weighted by atomic mass is 32.2. The number of benzene rings is 1. The van der Waals surface area contributed by atoms with E-state index in [-0.39, 0.29) is 23.6 Å². The number of β-lactam (4-membered cyclic amide) rings is 1. The Kier molecular flexibility index (Phi) is 4.61. The maximum absolute atomic E-state index is 11.8. The van der Waals surface area contributed by atoms with E-state index in [1.165, 1.54) is 4.90 Å². The first-order valence-corrected chi connectivity index (χ1v) is 7.87. The van der Waals surface area contributed by atoms with E-state index >= 15 is 0 Å². The van der Waals surface area contributed by atoms with Crippen molar-refractivity contribution in [2.45, 2.75) is 24.6 Å². The molecule has 2 unspecified atom stereocenters. The molecule has 1 fully saturated rings. The number of amides is 1. The minimum absolute atomic E-state index is 0.0207. The summed E-state index contributed by atoms with van der Waals surface area (Å²) < 4.78 is 11.3. The van der Waals surface area contributed by atoms with Crippen molar-refractivity contribution in [3.05, 3.63) is 35.9 Å². The molecule has 0 saturated carbocycles. The average molecular weight is 279 g/mol. The van der Waals surface area contributed by atoms with Crippen molar-refractivity contribution >= 4 is 22.9 Å². The van der Waals surface area contributed by atoms with Gasteiger partial charge in [0.05, 0.1) is 19.2 Å². The predicted octanol–water partition coefficient (Wildman–Crippen LogP) is 1.13. The van der Waals surface area contributed by atoms with Gasteiger partial charge in [0.15, 0.2) is 11.2 Å². The summed E-state index contributed by atoms with van der Waals surface area (Å²) in [6.07, 6.45) is 2.96. The number of hydrogen-bond acceptors (Lipinski definition) is 3. The zero-order valence-corrected chi connectivity index (χ0v) is 11.7. The highest BCUT2D eigenvalue weighted by molar-refractivity contribution is 7.91. The average Bonchev–Trinajstić information content (AvgIpc) is 2.40. The van der Waals surface area contributed by atoms with Crippen molar-refractivity contribution in [2.24, 2.45) is 0 Å². The molecular formula is C14H17NO3S. The fourth-order valence-electron chi connectivity index (χ4n) is 2.11. The van der Waals surface area contributed by atoms with Crippen LogP contribution < -0.4 is 0 Å². The third kappa shape index (κ3) is 3.58. The molecule has 1 aromatic carbocycles. The zero-order valence-electron chi connectivity index (χ0n) is 10.9. The van der Waals surface area contributed by atoms with E-state index in [0.29, 0.717) is 19.3 Å². The van der Waals surface area contributed by atoms with Crippen LogP contribution in [0.3, 0.4) is 0 Å². The summed E-state index contributed by atoms with van der Waals surface area (Å²) in [5.41, 5.74) is 1.11. The normalized spacial score (nSPS) is 20.0. The Balaban J connectivity index is 1.80. The van der Waals surface area contributed by atoms with Crippen molar-refractivity contribution in [3.63, 3.8) is 0 Å². The molecule has 1 aliphatic heterocycles. The van der Waals surface area contributed by atoms with Gasteiger partial charge in [0.1, 0.15) is 0 Å². The molecule has 0 aromatic heterocycles. The Bertz CT molecular complexity index is 461. The number of likely N-dealkylation sites (tertiary alicyclic amines) is 1. The highest BCUT2D eigenvalue weighted by Crippen LogP contribution is 2.23. The van der Waals surface area contributed by atoms with Crippen LogP contribution in [0.2, 0.25) is 0 Å². The van der Waals surface area contributed by atoms with E-state index in [1.54, 1.807) is 6.26 Å². The quantitative estimate of drug-likeness (QED) is 0.579. The van der Waals surface area contributed by atoms with Gasteiger partial charge >= 0.3 is 0 Å². The van der Waals surface area contributed by atoms with Crippen molar-refractivity contribution < 1.29 is 14.1 Å². The molecule has 102 valence electrons. The second-order valence-corrected chi connectivity index (χ2v) is 6.24. The van der Waals surface area contributed by atoms with Crippen LogP contribution in [0.1, 0.15) is 18.4 Å². The van der Waals surface area contributed by atoms with E-state index in [0.717, 1.165) is 5.56 Å². The topological polar surface area (TPSA) is 60.4 Å². The summed E-state index contributed by atoms with van der Waals surface area (Å²) in [5.74, 6) is -0.0550. The molecule has 4 nitrogen and oxygen atoms in total. The maximum atomic E-state index is 11.8. The Hall–Kier alpha value is -1.33. The third-order valence-electron chi connectivity index (χ3n) is 3.28. The van der Waals surface area contributed by atoms with Gasteiger partial charge in [-0.05, 0) is 23.2 Å². The molecular weight excluding hydrogens is 262 g/mol. The van der Waals surface area contributed by atoms with Gasteiger partial charge < -0.3 is 4.55 Å². The maximum Gasteiger partial charge on any atom is 0.233 e. The fraction of sp³-hybridized carbons (Fsp3) is 0.429. The van der Waals surface area contributed by atoms with Gasteiger partial charge in [0.2, 0.25) is 5.91 Å². The minimum Gasteiger partial charge on any atom is -0.615 e. The van der Waals surface area contributed by atoms with Gasteiger partial charge in [-0.1, -0.05) is 30.3 Å². The lowest BCUT2D eigenvalue weighted by molar-refractivity contribution is -0.145. The molecule has 0 aliphatic carbocycles. The second kappa shape index (κ2) is 6.21. The standard InChI is InChI=1S/C14H17NO3S/c1-19(18)14-9-13(17)15(14)10-12(16)8-7-11-5-3-2-4-6-11/h2-6,14H,7-10H2,1H3. The van der Waals surface area contributed by atoms with Crippen molar-refractivity contribution in [3.8, 4) is 0 Å². The van der Waals surface area contributed by atoms with Crippen LogP contribution in [0.4, 0.5) is 0 Å². The number of carbonyl (C=O) groups excluding carboxylic acids is 2. The van der Waals surface area contributed by atoms with Crippen LogP contribution in [0.15, 0.2) is 30.3 Å². The molecule has 1 amide bonds. The molecule has 1 aromatic rings. The first kappa shape index (κ1) is 14.1. The third-order valence-corrected chi connectivity index (χ3v) is 4.47. The molecule has 19 heavy (non-hydrogen) atoms. The number of rotatable bonds is 6. The van der Waals surface area contributed by atoms with Gasteiger partial charge in [-0.25, -0.2) is 0 Å². The summed E-state index contributed by atoms with van der Waals surface area (Å²) in [6.45, 7) is 0.0932. The minimum atomic E-state index is -1.08. The molecule has 5 heteroatoms. The van der Waals surface area contributed by atoms with E-state index in [2.05, 4.69) is 0 Å². The lowest BCUT2D eigenvalue weighted by Crippen LogP contribution is -2.57. The molecule has 1 heterocycles. The molecule has 0 bridgehead atoms. The van der Waals surface area contributed by atoms with Crippen molar-refractivity contribution in [1.29, 1.82) is 0 Å². The Labute approximate surface area is 116 Å². The van der Waals surface area contributed by atoms with Gasteiger partial charge in [0.25, 0.3) is 0 Å². The molecule has 2 atom stereocenters. The van der Waals surface area contributed by atoms with Gasteiger partial charge in [-0.2, -0.15) is 0 Å². The van der Waals surface area contributed by atoms with Crippen molar-refractivity contribution in [1.82, 2.24) is 4.90 Å². The number of nitrogens with zero attached hydrogens (tertiary/aromatic N) is 1. The molecule has 1 saturated heterocycles. The van der Waals surface area contributed by atoms with E-state index in [1.807, 2.05) is 30.3 Å². The highest BCUT2D eigenvalue weighted by Gasteiger charge is 2.43. The second-order valence-electron chi connectivity index (χ2n) is 4.70. The van der Waals surface area contributed by atoms with Crippen molar-refractivity contribution in [2.75, 3.05) is 12.8 Å². The largest absolute Gasteiger partial charge is 0.615 e. The first-order chi connectivity index (χ1) is 9.08. The van der Waals surface area contributed by atoms with E-state index < -0.39 is 11.2 Å². The van der Waals surface area contributed by atoms with Crippen LogP contribution in [-0.2, 0) is 27.2 Å². The lowest BCUT2D eigenvalue weighted by atomic mass is 10.1. The SMILES string of the molecule is C[S+]([O-])C1CC(=O)N1CC(=O)CCc1ccccc1. The Morgan fingerprint density at radius 2 is 2.11 bits per heavy atom. The van der Waals surface area contributed by atoms with Crippen LogP contribution in [0.5, 0.6) is 0 Å². The van der Waals surface area contributed by atoms with Gasteiger partial charge in [-0.3, -0.25) is 14.5 Å². The predicted molar refractivity (Wildman–Crippen MR) is 74.0 cm³/mol. The number of hydrogen-bond donors (Lipinski definition) is 0. The summed E-state index contributed by atoms with van der Waals surface area (Å²) in [7, 11) is 0. The van der Waals surface area contributed by atoms with Gasteiger partial charge in [0, 0.05) is 6.42 Å². The molecule has 0 radical (unpaired) electrons. The Morgan fingerprint density at radius 3 is 2.68 bits per heavy atom.